The zero-order chi connectivity index (χ0) is 11.1. The van der Waals surface area contributed by atoms with Crippen LogP contribution in [0.5, 0.6) is 0 Å². The molecule has 0 saturated carbocycles. The first-order valence-corrected chi connectivity index (χ1v) is 3.30. The number of hydrogen-bond acceptors (Lipinski definition) is 1. The van der Waals surface area contributed by atoms with Gasteiger partial charge in [-0.05, 0) is 0 Å². The molecule has 1 nitrogen and oxygen atoms in total. The minimum absolute atomic E-state index is 0.652. The van der Waals surface area contributed by atoms with Crippen molar-refractivity contribution in [2.45, 2.75) is 31.8 Å². The van der Waals surface area contributed by atoms with Gasteiger partial charge in [0.2, 0.25) is 0 Å². The van der Waals surface area contributed by atoms with E-state index in [1.54, 1.807) is 0 Å². The molecule has 0 atom stereocenters. The molecule has 0 fully saturated rings. The summed E-state index contributed by atoms with van der Waals surface area (Å²) < 4.78 is 72.6. The summed E-state index contributed by atoms with van der Waals surface area (Å²) in [4.78, 5) is 0. The average Bonchev–Trinajstić information content (AvgIpc) is 1.84. The maximum absolute atomic E-state index is 12.4. The number of halogens is 6. The van der Waals surface area contributed by atoms with Gasteiger partial charge in [0.1, 0.15) is 0 Å². The smallest absolute Gasteiger partial charge is 0.331 e. The van der Waals surface area contributed by atoms with E-state index < -0.39 is 23.9 Å². The lowest BCUT2D eigenvalue weighted by Gasteiger charge is -2.31. The van der Waals surface area contributed by atoms with Crippen LogP contribution in [0.3, 0.4) is 0 Å². The van der Waals surface area contributed by atoms with Crippen molar-refractivity contribution in [3.05, 3.63) is 0 Å². The first-order valence-electron chi connectivity index (χ1n) is 3.30. The van der Waals surface area contributed by atoms with Crippen molar-refractivity contribution >= 4 is 0 Å². The Bertz CT molecular complexity index is 182. The van der Waals surface area contributed by atoms with Crippen LogP contribution in [-0.4, -0.2) is 23.1 Å². The first-order chi connectivity index (χ1) is 5.44. The van der Waals surface area contributed by atoms with E-state index in [4.69, 9.17) is 5.11 Å². The van der Waals surface area contributed by atoms with E-state index in [1.165, 1.54) is 0 Å². The van der Waals surface area contributed by atoms with Crippen molar-refractivity contribution in [1.29, 1.82) is 0 Å². The molecule has 0 rings (SSSR count). The predicted octanol–water partition coefficient (Wildman–Crippen LogP) is 2.50. The van der Waals surface area contributed by atoms with E-state index >= 15 is 0 Å². The molecule has 0 radical (unpaired) electrons. The Morgan fingerprint density at radius 1 is 0.923 bits per heavy atom. The summed E-state index contributed by atoms with van der Waals surface area (Å²) in [5, 5.41) is 7.57. The van der Waals surface area contributed by atoms with Crippen LogP contribution in [0.25, 0.3) is 0 Å². The van der Waals surface area contributed by atoms with Crippen molar-refractivity contribution in [3.8, 4) is 0 Å². The molecular formula is C6H8F6O. The van der Waals surface area contributed by atoms with Gasteiger partial charge in [0.05, 0.1) is 0 Å². The zero-order valence-electron chi connectivity index (χ0n) is 6.79. The second kappa shape index (κ2) is 3.04. The summed E-state index contributed by atoms with van der Waals surface area (Å²) in [6.07, 6.45) is -5.72. The van der Waals surface area contributed by atoms with Gasteiger partial charge in [-0.25, -0.2) is 0 Å². The van der Waals surface area contributed by atoms with Gasteiger partial charge in [-0.2, -0.15) is 26.3 Å². The highest BCUT2D eigenvalue weighted by atomic mass is 19.3. The summed E-state index contributed by atoms with van der Waals surface area (Å²) in [5.41, 5.74) is 0. The average molecular weight is 210 g/mol. The van der Waals surface area contributed by atoms with Gasteiger partial charge >= 0.3 is 18.0 Å². The van der Waals surface area contributed by atoms with Crippen LogP contribution in [0.15, 0.2) is 0 Å². The molecule has 1 N–H and O–H groups in total. The molecular weight excluding hydrogens is 202 g/mol. The Labute approximate surface area is 70.4 Å². The molecule has 0 aliphatic rings. The fourth-order valence-corrected chi connectivity index (χ4v) is 0.563. The van der Waals surface area contributed by atoms with E-state index in [9.17, 15) is 26.3 Å². The third-order valence-electron chi connectivity index (χ3n) is 1.52. The molecule has 7 heteroatoms. The molecule has 0 heterocycles. The summed E-state index contributed by atoms with van der Waals surface area (Å²) in [7, 11) is 0. The molecule has 0 spiro atoms. The molecule has 0 amide bonds. The van der Waals surface area contributed by atoms with Crippen molar-refractivity contribution in [3.63, 3.8) is 0 Å². The van der Waals surface area contributed by atoms with Crippen molar-refractivity contribution in [1.82, 2.24) is 0 Å². The highest BCUT2D eigenvalue weighted by Crippen LogP contribution is 2.47. The lowest BCUT2D eigenvalue weighted by Crippen LogP contribution is -2.56. The number of alkyl halides is 6. The molecule has 13 heavy (non-hydrogen) atoms. The molecule has 0 aromatic rings. The third-order valence-corrected chi connectivity index (χ3v) is 1.52. The van der Waals surface area contributed by atoms with Crippen LogP contribution in [0.1, 0.15) is 13.8 Å². The van der Waals surface area contributed by atoms with Crippen LogP contribution >= 0.6 is 0 Å². The largest absolute Gasteiger partial charge is 0.423 e. The van der Waals surface area contributed by atoms with Crippen molar-refractivity contribution < 1.29 is 31.4 Å². The van der Waals surface area contributed by atoms with Crippen LogP contribution < -0.4 is 0 Å². The normalized spacial score (nSPS) is 15.2. The van der Waals surface area contributed by atoms with Gasteiger partial charge in [0, 0.05) is 5.92 Å². The number of hydrogen-bond donors (Lipinski definition) is 1. The Morgan fingerprint density at radius 2 is 1.23 bits per heavy atom. The monoisotopic (exact) mass is 210 g/mol. The minimum atomic E-state index is -5.76. The Morgan fingerprint density at radius 3 is 1.31 bits per heavy atom. The third kappa shape index (κ3) is 1.90. The summed E-state index contributed by atoms with van der Waals surface area (Å²) in [5.74, 6) is -12.7. The molecule has 0 aromatic carbocycles. The highest BCUT2D eigenvalue weighted by Gasteiger charge is 2.72. The lowest BCUT2D eigenvalue weighted by atomic mass is 9.99. The van der Waals surface area contributed by atoms with Crippen LogP contribution in [0, 0.1) is 5.92 Å². The van der Waals surface area contributed by atoms with Gasteiger partial charge in [-0.3, -0.25) is 0 Å². The van der Waals surface area contributed by atoms with Crippen molar-refractivity contribution in [2.75, 3.05) is 0 Å². The molecule has 0 aliphatic carbocycles. The zero-order valence-corrected chi connectivity index (χ0v) is 6.79. The van der Waals surface area contributed by atoms with Gasteiger partial charge < -0.3 is 5.11 Å². The standard InChI is InChI=1S/C6H8F6O/c1-3(2)4(7,8)5(9,10)6(11,12)13/h3,13H,1-2H3. The van der Waals surface area contributed by atoms with E-state index in [0.717, 1.165) is 0 Å². The van der Waals surface area contributed by atoms with E-state index in [1.807, 2.05) is 0 Å². The first kappa shape index (κ1) is 12.5. The minimum Gasteiger partial charge on any atom is -0.331 e. The maximum atomic E-state index is 12.4. The quantitative estimate of drug-likeness (QED) is 0.709. The number of rotatable bonds is 3. The molecule has 0 unspecified atom stereocenters. The summed E-state index contributed by atoms with van der Waals surface area (Å²) >= 11 is 0. The fraction of sp³-hybridized carbons (Fsp3) is 1.00. The van der Waals surface area contributed by atoms with Gasteiger partial charge in [0.25, 0.3) is 0 Å². The number of aliphatic hydroxyl groups is 1. The van der Waals surface area contributed by atoms with Gasteiger partial charge in [-0.15, -0.1) is 0 Å². The van der Waals surface area contributed by atoms with E-state index in [2.05, 4.69) is 0 Å². The lowest BCUT2D eigenvalue weighted by molar-refractivity contribution is -0.391. The van der Waals surface area contributed by atoms with E-state index in [0.29, 0.717) is 13.8 Å². The maximum Gasteiger partial charge on any atom is 0.423 e. The summed E-state index contributed by atoms with van der Waals surface area (Å²) in [6.45, 7) is 1.30. The Kier molecular flexibility index (Phi) is 2.93. The van der Waals surface area contributed by atoms with Gasteiger partial charge in [0.15, 0.2) is 0 Å². The second-order valence-electron chi connectivity index (χ2n) is 2.89. The molecule has 0 aromatic heterocycles. The molecule has 0 saturated heterocycles. The van der Waals surface area contributed by atoms with Gasteiger partial charge in [-0.1, -0.05) is 13.8 Å². The fourth-order valence-electron chi connectivity index (χ4n) is 0.563. The van der Waals surface area contributed by atoms with Crippen LogP contribution in [0.2, 0.25) is 0 Å². The topological polar surface area (TPSA) is 20.2 Å². The second-order valence-corrected chi connectivity index (χ2v) is 2.89. The van der Waals surface area contributed by atoms with Crippen LogP contribution in [0.4, 0.5) is 26.3 Å². The molecule has 80 valence electrons. The Balaban J connectivity index is 5.04. The van der Waals surface area contributed by atoms with Crippen molar-refractivity contribution in [2.24, 2.45) is 5.92 Å². The molecule has 0 bridgehead atoms. The Hall–Kier alpha value is -0.460. The molecule has 0 aliphatic heterocycles. The van der Waals surface area contributed by atoms with E-state index in [-0.39, 0.29) is 0 Å². The van der Waals surface area contributed by atoms with Crippen LogP contribution in [-0.2, 0) is 0 Å². The highest BCUT2D eigenvalue weighted by molar-refractivity contribution is 4.92. The predicted molar refractivity (Wildman–Crippen MR) is 31.9 cm³/mol. The summed E-state index contributed by atoms with van der Waals surface area (Å²) in [6, 6.07) is 0. The SMILES string of the molecule is CC(C)C(F)(F)C(F)(F)C(O)(F)F.